The van der Waals surface area contributed by atoms with Gasteiger partial charge in [-0.2, -0.15) is 0 Å². The minimum atomic E-state index is -0.104. The predicted molar refractivity (Wildman–Crippen MR) is 98.6 cm³/mol. The smallest absolute Gasteiger partial charge is 0.306 e. The van der Waals surface area contributed by atoms with Gasteiger partial charge in [-0.1, -0.05) is 26.0 Å². The Kier molecular flexibility index (Phi) is 5.57. The highest BCUT2D eigenvalue weighted by Gasteiger charge is 2.28. The average Bonchev–Trinajstić information content (AvgIpc) is 2.61. The van der Waals surface area contributed by atoms with Crippen LogP contribution in [0.1, 0.15) is 46.0 Å². The molecule has 0 aliphatic heterocycles. The van der Waals surface area contributed by atoms with E-state index < -0.39 is 0 Å². The van der Waals surface area contributed by atoms with Crippen LogP contribution in [0.2, 0.25) is 0 Å². The van der Waals surface area contributed by atoms with Crippen molar-refractivity contribution in [1.82, 2.24) is 4.98 Å². The normalized spacial score (nSPS) is 17.4. The molecule has 1 aliphatic rings. The zero-order valence-electron chi connectivity index (χ0n) is 15.2. The van der Waals surface area contributed by atoms with Crippen LogP contribution in [-0.4, -0.2) is 24.2 Å². The number of rotatable bonds is 6. The summed E-state index contributed by atoms with van der Waals surface area (Å²) < 4.78 is 11.1. The summed E-state index contributed by atoms with van der Waals surface area (Å²) in [6.07, 6.45) is 6.91. The third-order valence-electron chi connectivity index (χ3n) is 5.13. The van der Waals surface area contributed by atoms with Gasteiger partial charge in [-0.05, 0) is 55.2 Å². The van der Waals surface area contributed by atoms with Crippen LogP contribution in [0.3, 0.4) is 0 Å². The maximum atomic E-state index is 12.0. The van der Waals surface area contributed by atoms with Crippen LogP contribution in [0, 0.1) is 11.3 Å². The topological polar surface area (TPSA) is 48.4 Å². The second-order valence-electron chi connectivity index (χ2n) is 7.71. The molecule has 0 spiro atoms. The third kappa shape index (κ3) is 4.94. The van der Waals surface area contributed by atoms with E-state index in [-0.39, 0.29) is 12.6 Å². The van der Waals surface area contributed by atoms with Crippen LogP contribution < -0.4 is 4.74 Å². The molecule has 4 nitrogen and oxygen atoms in total. The number of carbonyl (C=O) groups is 1. The SMILES string of the molecule is CC1(C)CCC(CC(=O)OCCOc2ccnc3ccccc23)CC1. The number of benzene rings is 1. The lowest BCUT2D eigenvalue weighted by Gasteiger charge is -2.33. The molecule has 1 aromatic heterocycles. The lowest BCUT2D eigenvalue weighted by Crippen LogP contribution is -2.24. The van der Waals surface area contributed by atoms with Crippen molar-refractivity contribution in [3.8, 4) is 5.75 Å². The lowest BCUT2D eigenvalue weighted by molar-refractivity contribution is -0.145. The standard InChI is InChI=1S/C21H27NO3/c1-21(2)10-7-16(8-11-21)15-20(23)25-14-13-24-19-9-12-22-18-6-4-3-5-17(18)19/h3-6,9,12,16H,7-8,10-11,13-15H2,1-2H3. The van der Waals surface area contributed by atoms with Crippen molar-refractivity contribution in [1.29, 1.82) is 0 Å². The van der Waals surface area contributed by atoms with E-state index in [0.717, 1.165) is 29.5 Å². The van der Waals surface area contributed by atoms with Crippen LogP contribution in [0.25, 0.3) is 10.9 Å². The molecular weight excluding hydrogens is 314 g/mol. The summed E-state index contributed by atoms with van der Waals surface area (Å²) in [4.78, 5) is 16.3. The number of carbonyl (C=O) groups excluding carboxylic acids is 1. The summed E-state index contributed by atoms with van der Waals surface area (Å²) in [6.45, 7) is 5.26. The number of para-hydroxylation sites is 1. The highest BCUT2D eigenvalue weighted by atomic mass is 16.6. The van der Waals surface area contributed by atoms with E-state index in [9.17, 15) is 4.79 Å². The van der Waals surface area contributed by atoms with Crippen molar-refractivity contribution >= 4 is 16.9 Å². The first-order chi connectivity index (χ1) is 12.0. The summed E-state index contributed by atoms with van der Waals surface area (Å²) in [7, 11) is 0. The molecule has 1 fully saturated rings. The highest BCUT2D eigenvalue weighted by Crippen LogP contribution is 2.39. The maximum absolute atomic E-state index is 12.0. The molecule has 0 amide bonds. The fraction of sp³-hybridized carbons (Fsp3) is 0.524. The monoisotopic (exact) mass is 341 g/mol. The Bertz CT molecular complexity index is 711. The molecule has 0 N–H and O–H groups in total. The zero-order valence-corrected chi connectivity index (χ0v) is 15.2. The number of fused-ring (bicyclic) bond motifs is 1. The number of pyridine rings is 1. The van der Waals surface area contributed by atoms with Crippen molar-refractivity contribution in [2.24, 2.45) is 11.3 Å². The first kappa shape index (κ1) is 17.7. The first-order valence-corrected chi connectivity index (χ1v) is 9.16. The van der Waals surface area contributed by atoms with Gasteiger partial charge in [0.25, 0.3) is 0 Å². The molecular formula is C21H27NO3. The lowest BCUT2D eigenvalue weighted by atomic mass is 9.72. The Morgan fingerprint density at radius 3 is 2.72 bits per heavy atom. The molecule has 0 saturated heterocycles. The molecule has 3 rings (SSSR count). The van der Waals surface area contributed by atoms with E-state index in [0.29, 0.717) is 24.4 Å². The Morgan fingerprint density at radius 2 is 1.92 bits per heavy atom. The van der Waals surface area contributed by atoms with Crippen molar-refractivity contribution in [2.75, 3.05) is 13.2 Å². The maximum Gasteiger partial charge on any atom is 0.306 e. The van der Waals surface area contributed by atoms with Crippen LogP contribution in [-0.2, 0) is 9.53 Å². The van der Waals surface area contributed by atoms with Crippen LogP contribution in [0.5, 0.6) is 5.75 Å². The summed E-state index contributed by atoms with van der Waals surface area (Å²) in [5.74, 6) is 1.15. The first-order valence-electron chi connectivity index (χ1n) is 9.16. The predicted octanol–water partition coefficient (Wildman–Crippen LogP) is 4.76. The fourth-order valence-electron chi connectivity index (χ4n) is 3.46. The van der Waals surface area contributed by atoms with Crippen molar-refractivity contribution in [3.05, 3.63) is 36.5 Å². The number of nitrogens with zero attached hydrogens (tertiary/aromatic N) is 1. The largest absolute Gasteiger partial charge is 0.489 e. The molecule has 4 heteroatoms. The van der Waals surface area contributed by atoms with E-state index in [1.165, 1.54) is 12.8 Å². The molecule has 0 radical (unpaired) electrons. The van der Waals surface area contributed by atoms with Gasteiger partial charge in [0, 0.05) is 18.0 Å². The summed E-state index contributed by atoms with van der Waals surface area (Å²) in [5, 5.41) is 0.973. The highest BCUT2D eigenvalue weighted by molar-refractivity contribution is 5.84. The summed E-state index contributed by atoms with van der Waals surface area (Å²) >= 11 is 0. The van der Waals surface area contributed by atoms with Gasteiger partial charge in [0.15, 0.2) is 0 Å². The minimum Gasteiger partial charge on any atom is -0.489 e. The van der Waals surface area contributed by atoms with E-state index in [4.69, 9.17) is 9.47 Å². The Hall–Kier alpha value is -2.10. The van der Waals surface area contributed by atoms with E-state index in [1.807, 2.05) is 30.3 Å². The molecule has 0 unspecified atom stereocenters. The zero-order chi connectivity index (χ0) is 17.7. The summed E-state index contributed by atoms with van der Waals surface area (Å²) in [6, 6.07) is 9.69. The minimum absolute atomic E-state index is 0.104. The number of aromatic nitrogens is 1. The van der Waals surface area contributed by atoms with Gasteiger partial charge < -0.3 is 9.47 Å². The fourth-order valence-corrected chi connectivity index (χ4v) is 3.46. The van der Waals surface area contributed by atoms with Crippen LogP contribution >= 0.6 is 0 Å². The second kappa shape index (κ2) is 7.85. The molecule has 1 heterocycles. The molecule has 1 saturated carbocycles. The number of ether oxygens (including phenoxy) is 2. The number of esters is 1. The molecule has 134 valence electrons. The molecule has 2 aromatic rings. The number of hydrogen-bond acceptors (Lipinski definition) is 4. The molecule has 0 atom stereocenters. The van der Waals surface area contributed by atoms with Gasteiger partial charge in [0.05, 0.1) is 5.52 Å². The molecule has 1 aromatic carbocycles. The van der Waals surface area contributed by atoms with Crippen molar-refractivity contribution in [2.45, 2.75) is 46.0 Å². The van der Waals surface area contributed by atoms with Crippen molar-refractivity contribution in [3.63, 3.8) is 0 Å². The Balaban J connectivity index is 1.40. The van der Waals surface area contributed by atoms with Gasteiger partial charge in [0.2, 0.25) is 0 Å². The van der Waals surface area contributed by atoms with Gasteiger partial charge in [-0.3, -0.25) is 9.78 Å². The van der Waals surface area contributed by atoms with E-state index >= 15 is 0 Å². The van der Waals surface area contributed by atoms with Crippen LogP contribution in [0.4, 0.5) is 0 Å². The van der Waals surface area contributed by atoms with Gasteiger partial charge in [0.1, 0.15) is 19.0 Å². The summed E-state index contributed by atoms with van der Waals surface area (Å²) in [5.41, 5.74) is 1.33. The van der Waals surface area contributed by atoms with Crippen LogP contribution in [0.15, 0.2) is 36.5 Å². The van der Waals surface area contributed by atoms with Gasteiger partial charge >= 0.3 is 5.97 Å². The van der Waals surface area contributed by atoms with Gasteiger partial charge in [-0.15, -0.1) is 0 Å². The van der Waals surface area contributed by atoms with E-state index in [2.05, 4.69) is 18.8 Å². The van der Waals surface area contributed by atoms with Gasteiger partial charge in [-0.25, -0.2) is 0 Å². The third-order valence-corrected chi connectivity index (χ3v) is 5.13. The Labute approximate surface area is 149 Å². The quantitative estimate of drug-likeness (QED) is 0.561. The second-order valence-corrected chi connectivity index (χ2v) is 7.71. The van der Waals surface area contributed by atoms with E-state index in [1.54, 1.807) is 6.20 Å². The average molecular weight is 341 g/mol. The Morgan fingerprint density at radius 1 is 1.16 bits per heavy atom. The van der Waals surface area contributed by atoms with Crippen molar-refractivity contribution < 1.29 is 14.3 Å². The molecule has 1 aliphatic carbocycles. The number of hydrogen-bond donors (Lipinski definition) is 0. The molecule has 25 heavy (non-hydrogen) atoms. The molecule has 0 bridgehead atoms.